The van der Waals surface area contributed by atoms with Crippen LogP contribution in [0.25, 0.3) is 21.9 Å². The van der Waals surface area contributed by atoms with E-state index in [-0.39, 0.29) is 10.8 Å². The van der Waals surface area contributed by atoms with E-state index in [1.807, 2.05) is 18.2 Å². The molecule has 0 atom stereocenters. The average Bonchev–Trinajstić information content (AvgIpc) is 2.74. The summed E-state index contributed by atoms with van der Waals surface area (Å²) in [6.07, 6.45) is 0. The third-order valence-corrected chi connectivity index (χ3v) is 4.53. The molecule has 0 saturated heterocycles. The molecule has 116 valence electrons. The van der Waals surface area contributed by atoms with Gasteiger partial charge in [0.2, 0.25) is 0 Å². The Bertz CT molecular complexity index is 857. The Labute approximate surface area is 137 Å². The van der Waals surface area contributed by atoms with Gasteiger partial charge in [0.1, 0.15) is 11.2 Å². The van der Waals surface area contributed by atoms with Gasteiger partial charge in [-0.2, -0.15) is 0 Å². The summed E-state index contributed by atoms with van der Waals surface area (Å²) in [7, 11) is 0. The monoisotopic (exact) mass is 314 g/mol. The summed E-state index contributed by atoms with van der Waals surface area (Å²) in [4.78, 5) is 0. The second-order valence-electron chi connectivity index (χ2n) is 8.12. The summed E-state index contributed by atoms with van der Waals surface area (Å²) in [6.45, 7) is 13.4. The molecule has 3 rings (SSSR count). The maximum Gasteiger partial charge on any atom is 0.139 e. The fourth-order valence-electron chi connectivity index (χ4n) is 2.88. The fourth-order valence-corrected chi connectivity index (χ4v) is 3.14. The third kappa shape index (κ3) is 2.42. The lowest BCUT2D eigenvalue weighted by Gasteiger charge is -2.25. The molecule has 1 nitrogen and oxygen atoms in total. The molecule has 0 unspecified atom stereocenters. The van der Waals surface area contributed by atoms with Gasteiger partial charge in [0.15, 0.2) is 0 Å². The van der Waals surface area contributed by atoms with Crippen molar-refractivity contribution in [2.45, 2.75) is 52.4 Å². The Morgan fingerprint density at radius 3 is 2.18 bits per heavy atom. The molecule has 0 aliphatic carbocycles. The van der Waals surface area contributed by atoms with Crippen LogP contribution in [0.4, 0.5) is 0 Å². The number of benzene rings is 2. The van der Waals surface area contributed by atoms with E-state index in [1.54, 1.807) is 0 Å². The van der Waals surface area contributed by atoms with Gasteiger partial charge in [-0.3, -0.25) is 0 Å². The number of halogens is 1. The van der Waals surface area contributed by atoms with Crippen molar-refractivity contribution in [3.05, 3.63) is 46.5 Å². The second-order valence-corrected chi connectivity index (χ2v) is 8.52. The Morgan fingerprint density at radius 1 is 0.909 bits per heavy atom. The van der Waals surface area contributed by atoms with E-state index in [9.17, 15) is 0 Å². The van der Waals surface area contributed by atoms with Crippen LogP contribution in [-0.2, 0) is 10.8 Å². The fraction of sp³-hybridized carbons (Fsp3) is 0.400. The number of furan rings is 1. The van der Waals surface area contributed by atoms with Crippen molar-refractivity contribution < 1.29 is 4.42 Å². The third-order valence-electron chi connectivity index (χ3n) is 4.22. The summed E-state index contributed by atoms with van der Waals surface area (Å²) in [5, 5.41) is 2.90. The van der Waals surface area contributed by atoms with Gasteiger partial charge >= 0.3 is 0 Å². The molecule has 0 saturated carbocycles. The summed E-state index contributed by atoms with van der Waals surface area (Å²) < 4.78 is 6.17. The van der Waals surface area contributed by atoms with Crippen molar-refractivity contribution in [3.63, 3.8) is 0 Å². The van der Waals surface area contributed by atoms with Crippen LogP contribution < -0.4 is 0 Å². The number of fused-ring (bicyclic) bond motifs is 3. The molecular formula is C20H23ClO. The SMILES string of the molecule is CC(C)(C)c1cc(C(C)(C)C)c2oc3cccc(Cl)c3c2c1. The van der Waals surface area contributed by atoms with Gasteiger partial charge in [-0.05, 0) is 34.6 Å². The van der Waals surface area contributed by atoms with Crippen LogP contribution in [0.5, 0.6) is 0 Å². The van der Waals surface area contributed by atoms with Gasteiger partial charge in [0.25, 0.3) is 0 Å². The zero-order valence-electron chi connectivity index (χ0n) is 14.2. The van der Waals surface area contributed by atoms with E-state index in [1.165, 1.54) is 11.1 Å². The molecule has 3 aromatic rings. The lowest BCUT2D eigenvalue weighted by molar-refractivity contribution is 0.559. The van der Waals surface area contributed by atoms with E-state index in [0.29, 0.717) is 0 Å². The topological polar surface area (TPSA) is 13.1 Å². The largest absolute Gasteiger partial charge is 0.456 e. The van der Waals surface area contributed by atoms with Gasteiger partial charge < -0.3 is 4.42 Å². The first-order chi connectivity index (χ1) is 10.1. The molecule has 0 aliphatic heterocycles. The van der Waals surface area contributed by atoms with Crippen molar-refractivity contribution >= 4 is 33.5 Å². The van der Waals surface area contributed by atoms with E-state index in [0.717, 1.165) is 27.0 Å². The Hall–Kier alpha value is -1.47. The smallest absolute Gasteiger partial charge is 0.139 e. The van der Waals surface area contributed by atoms with Crippen LogP contribution in [0, 0.1) is 0 Å². The van der Waals surface area contributed by atoms with Crippen molar-refractivity contribution in [2.24, 2.45) is 0 Å². The second kappa shape index (κ2) is 4.76. The normalized spacial score (nSPS) is 13.2. The first-order valence-corrected chi connectivity index (χ1v) is 8.12. The minimum atomic E-state index is 0.0138. The van der Waals surface area contributed by atoms with Crippen LogP contribution in [-0.4, -0.2) is 0 Å². The van der Waals surface area contributed by atoms with Crippen LogP contribution in [0.3, 0.4) is 0 Å². The number of rotatable bonds is 0. The Balaban J connectivity index is 2.53. The standard InChI is InChI=1S/C20H23ClO/c1-19(2,3)12-10-13-17-15(21)8-7-9-16(17)22-18(13)14(11-12)20(4,5)6/h7-11H,1-6H3. The molecule has 1 aromatic heterocycles. The molecule has 2 heteroatoms. The highest BCUT2D eigenvalue weighted by Gasteiger charge is 2.25. The Kier molecular flexibility index (Phi) is 3.34. The van der Waals surface area contributed by atoms with Crippen LogP contribution in [0.15, 0.2) is 34.7 Å². The first-order valence-electron chi connectivity index (χ1n) is 7.75. The number of hydrogen-bond acceptors (Lipinski definition) is 1. The van der Waals surface area contributed by atoms with Crippen LogP contribution in [0.1, 0.15) is 52.7 Å². The van der Waals surface area contributed by atoms with Crippen molar-refractivity contribution in [2.75, 3.05) is 0 Å². The molecule has 0 radical (unpaired) electrons. The van der Waals surface area contributed by atoms with Gasteiger partial charge in [-0.25, -0.2) is 0 Å². The molecule has 0 bridgehead atoms. The van der Waals surface area contributed by atoms with Crippen molar-refractivity contribution in [1.29, 1.82) is 0 Å². The van der Waals surface area contributed by atoms with Gasteiger partial charge in [-0.15, -0.1) is 0 Å². The molecule has 0 spiro atoms. The molecule has 0 N–H and O–H groups in total. The van der Waals surface area contributed by atoms with Crippen LogP contribution >= 0.6 is 11.6 Å². The van der Waals surface area contributed by atoms with Crippen molar-refractivity contribution in [3.8, 4) is 0 Å². The predicted octanol–water partition coefficient (Wildman–Crippen LogP) is 6.83. The number of hydrogen-bond donors (Lipinski definition) is 0. The van der Waals surface area contributed by atoms with E-state index in [4.69, 9.17) is 16.0 Å². The van der Waals surface area contributed by atoms with E-state index in [2.05, 4.69) is 53.7 Å². The molecule has 22 heavy (non-hydrogen) atoms. The highest BCUT2D eigenvalue weighted by Crippen LogP contribution is 2.41. The lowest BCUT2D eigenvalue weighted by Crippen LogP contribution is -2.16. The highest BCUT2D eigenvalue weighted by molar-refractivity contribution is 6.37. The summed E-state index contributed by atoms with van der Waals surface area (Å²) in [5.41, 5.74) is 4.47. The zero-order valence-corrected chi connectivity index (χ0v) is 14.9. The summed E-state index contributed by atoms with van der Waals surface area (Å²) in [6, 6.07) is 10.4. The minimum Gasteiger partial charge on any atom is -0.456 e. The first kappa shape index (κ1) is 15.4. The Morgan fingerprint density at radius 2 is 1.59 bits per heavy atom. The molecule has 0 fully saturated rings. The predicted molar refractivity (Wildman–Crippen MR) is 96.1 cm³/mol. The quantitative estimate of drug-likeness (QED) is 0.443. The van der Waals surface area contributed by atoms with Gasteiger partial charge in [0, 0.05) is 16.3 Å². The molecular weight excluding hydrogens is 292 g/mol. The molecule has 2 aromatic carbocycles. The molecule has 0 aliphatic rings. The molecule has 0 amide bonds. The maximum absolute atomic E-state index is 6.45. The minimum absolute atomic E-state index is 0.0138. The zero-order chi connectivity index (χ0) is 16.3. The van der Waals surface area contributed by atoms with Gasteiger partial charge in [-0.1, -0.05) is 65.3 Å². The van der Waals surface area contributed by atoms with E-state index < -0.39 is 0 Å². The maximum atomic E-state index is 6.45. The molecule has 1 heterocycles. The van der Waals surface area contributed by atoms with Gasteiger partial charge in [0.05, 0.1) is 5.02 Å². The lowest BCUT2D eigenvalue weighted by atomic mass is 9.79. The van der Waals surface area contributed by atoms with Crippen LogP contribution in [0.2, 0.25) is 5.02 Å². The van der Waals surface area contributed by atoms with Crippen molar-refractivity contribution in [1.82, 2.24) is 0 Å². The summed E-state index contributed by atoms with van der Waals surface area (Å²) in [5.74, 6) is 0. The highest BCUT2D eigenvalue weighted by atomic mass is 35.5. The average molecular weight is 315 g/mol. The van der Waals surface area contributed by atoms with E-state index >= 15 is 0 Å². The summed E-state index contributed by atoms with van der Waals surface area (Å²) >= 11 is 6.45.